The highest BCUT2D eigenvalue weighted by Gasteiger charge is 2.33. The number of rotatable bonds is 3. The summed E-state index contributed by atoms with van der Waals surface area (Å²) in [7, 11) is 1.08. The van der Waals surface area contributed by atoms with Crippen LogP contribution >= 0.6 is 0 Å². The van der Waals surface area contributed by atoms with Crippen molar-refractivity contribution in [3.63, 3.8) is 0 Å². The minimum Gasteiger partial charge on any atom is -0.465 e. The van der Waals surface area contributed by atoms with E-state index in [1.54, 1.807) is 12.1 Å². The Balaban J connectivity index is 2.47. The van der Waals surface area contributed by atoms with Crippen molar-refractivity contribution in [2.24, 2.45) is 0 Å². The van der Waals surface area contributed by atoms with Crippen LogP contribution in [0.1, 0.15) is 10.4 Å². The molecule has 0 amide bonds. The second-order valence-corrected chi connectivity index (χ2v) is 3.99. The lowest BCUT2D eigenvalue weighted by molar-refractivity contribution is -0.274. The Morgan fingerprint density at radius 2 is 1.76 bits per heavy atom. The first-order chi connectivity index (χ1) is 9.90. The van der Waals surface area contributed by atoms with Crippen molar-refractivity contribution in [3.8, 4) is 16.9 Å². The predicted octanol–water partition coefficient (Wildman–Crippen LogP) is 3.43. The zero-order chi connectivity index (χ0) is 15.5. The van der Waals surface area contributed by atoms with Crippen molar-refractivity contribution in [1.82, 2.24) is 4.98 Å². The molecule has 0 saturated heterocycles. The zero-order valence-electron chi connectivity index (χ0n) is 10.8. The summed E-state index contributed by atoms with van der Waals surface area (Å²) in [6, 6.07) is 7.11. The number of aromatic nitrogens is 1. The van der Waals surface area contributed by atoms with Gasteiger partial charge in [0.1, 0.15) is 11.3 Å². The van der Waals surface area contributed by atoms with E-state index in [0.717, 1.165) is 13.2 Å². The van der Waals surface area contributed by atoms with Crippen LogP contribution in [-0.4, -0.2) is 24.4 Å². The Kier molecular flexibility index (Phi) is 4.11. The number of hydrogen-bond acceptors (Lipinski definition) is 4. The molecule has 0 spiro atoms. The molecule has 21 heavy (non-hydrogen) atoms. The van der Waals surface area contributed by atoms with Gasteiger partial charge in [-0.3, -0.25) is 4.98 Å². The molecule has 0 radical (unpaired) electrons. The fourth-order valence-corrected chi connectivity index (χ4v) is 1.74. The highest BCUT2D eigenvalue weighted by Crippen LogP contribution is 2.30. The lowest BCUT2D eigenvalue weighted by Crippen LogP contribution is -2.19. The number of nitrogens with zero attached hydrogens (tertiary/aromatic N) is 1. The van der Waals surface area contributed by atoms with Crippen LogP contribution in [0.15, 0.2) is 42.7 Å². The van der Waals surface area contributed by atoms with Crippen LogP contribution in [0.25, 0.3) is 11.1 Å². The second-order valence-electron chi connectivity index (χ2n) is 3.99. The molecule has 0 unspecified atom stereocenters. The fraction of sp³-hybridized carbons (Fsp3) is 0.143. The number of methoxy groups -OCH3 is 1. The number of carbonyl (C=O) groups excluding carboxylic acids is 1. The monoisotopic (exact) mass is 297 g/mol. The summed E-state index contributed by atoms with van der Waals surface area (Å²) in [4.78, 5) is 15.5. The van der Waals surface area contributed by atoms with Crippen LogP contribution in [0, 0.1) is 0 Å². The highest BCUT2D eigenvalue weighted by molar-refractivity contribution is 5.94. The summed E-state index contributed by atoms with van der Waals surface area (Å²) in [6.07, 6.45) is -1.82. The third-order valence-corrected chi connectivity index (χ3v) is 2.62. The maximum Gasteiger partial charge on any atom is 0.573 e. The first-order valence-electron chi connectivity index (χ1n) is 5.79. The summed E-state index contributed by atoms with van der Waals surface area (Å²) in [5, 5.41) is 0. The fourth-order valence-electron chi connectivity index (χ4n) is 1.74. The molecule has 2 rings (SSSR count). The maximum absolute atomic E-state index is 12.3. The van der Waals surface area contributed by atoms with E-state index >= 15 is 0 Å². The van der Waals surface area contributed by atoms with Crippen molar-refractivity contribution in [1.29, 1.82) is 0 Å². The largest absolute Gasteiger partial charge is 0.573 e. The van der Waals surface area contributed by atoms with Crippen LogP contribution in [0.3, 0.4) is 0 Å². The van der Waals surface area contributed by atoms with Gasteiger partial charge >= 0.3 is 12.3 Å². The lowest BCUT2D eigenvalue weighted by atomic mass is 10.0. The minimum absolute atomic E-state index is 0.302. The summed E-state index contributed by atoms with van der Waals surface area (Å²) < 4.78 is 45.3. The van der Waals surface area contributed by atoms with E-state index in [4.69, 9.17) is 0 Å². The molecule has 1 aromatic carbocycles. The topological polar surface area (TPSA) is 48.4 Å². The van der Waals surface area contributed by atoms with Crippen molar-refractivity contribution in [3.05, 3.63) is 48.3 Å². The Morgan fingerprint density at radius 3 is 2.33 bits per heavy atom. The van der Waals surface area contributed by atoms with Gasteiger partial charge in [0.15, 0.2) is 0 Å². The van der Waals surface area contributed by atoms with Gasteiger partial charge in [0.25, 0.3) is 0 Å². The quantitative estimate of drug-likeness (QED) is 0.814. The normalized spacial score (nSPS) is 11.0. The number of pyridine rings is 1. The Bertz CT molecular complexity index is 642. The summed E-state index contributed by atoms with van der Waals surface area (Å²) >= 11 is 0. The molecule has 2 aromatic rings. The van der Waals surface area contributed by atoms with Gasteiger partial charge in [-0.05, 0) is 35.4 Å². The number of ether oxygens (including phenoxy) is 2. The maximum atomic E-state index is 12.3. The first-order valence-corrected chi connectivity index (χ1v) is 5.79. The Morgan fingerprint density at radius 1 is 1.10 bits per heavy atom. The molecule has 0 N–H and O–H groups in total. The van der Waals surface area contributed by atoms with Gasteiger partial charge in [0, 0.05) is 12.4 Å². The van der Waals surface area contributed by atoms with E-state index in [9.17, 15) is 18.0 Å². The van der Waals surface area contributed by atoms with Crippen LogP contribution in [-0.2, 0) is 4.74 Å². The Hall–Kier alpha value is -2.57. The van der Waals surface area contributed by atoms with Gasteiger partial charge in [-0.25, -0.2) is 4.79 Å². The van der Waals surface area contributed by atoms with Gasteiger partial charge in [-0.15, -0.1) is 13.2 Å². The first kappa shape index (κ1) is 14.8. The zero-order valence-corrected chi connectivity index (χ0v) is 10.8. The number of benzene rings is 1. The minimum atomic E-state index is -4.89. The second kappa shape index (κ2) is 5.82. The third-order valence-electron chi connectivity index (χ3n) is 2.62. The van der Waals surface area contributed by atoms with Crippen LogP contribution in [0.4, 0.5) is 13.2 Å². The molecule has 4 nitrogen and oxygen atoms in total. The highest BCUT2D eigenvalue weighted by atomic mass is 19.4. The molecular formula is C14H10F3NO3. The van der Waals surface area contributed by atoms with Crippen LogP contribution < -0.4 is 4.74 Å². The summed E-state index contributed by atoms with van der Waals surface area (Å²) in [6.45, 7) is 0. The van der Waals surface area contributed by atoms with Gasteiger partial charge in [0.05, 0.1) is 7.11 Å². The third kappa shape index (κ3) is 3.71. The van der Waals surface area contributed by atoms with Crippen molar-refractivity contribution in [2.75, 3.05) is 7.11 Å². The number of hydrogen-bond donors (Lipinski definition) is 0. The molecule has 0 bridgehead atoms. The van der Waals surface area contributed by atoms with Crippen molar-refractivity contribution >= 4 is 5.97 Å². The molecular weight excluding hydrogens is 287 g/mol. The SMILES string of the molecule is COC(=O)c1cc(-c2ccncc2)ccc1OC(F)(F)F. The van der Waals surface area contributed by atoms with Gasteiger partial charge in [0.2, 0.25) is 0 Å². The van der Waals surface area contributed by atoms with E-state index in [2.05, 4.69) is 14.5 Å². The summed E-state index contributed by atoms with van der Waals surface area (Å²) in [5.74, 6) is -1.52. The molecule has 0 aliphatic carbocycles. The molecule has 0 atom stereocenters. The molecule has 1 aromatic heterocycles. The molecule has 110 valence electrons. The smallest absolute Gasteiger partial charge is 0.465 e. The van der Waals surface area contributed by atoms with E-state index in [1.807, 2.05) is 0 Å². The standard InChI is InChI=1S/C14H10F3NO3/c1-20-13(19)11-8-10(9-4-6-18-7-5-9)2-3-12(11)21-14(15,16)17/h2-8H,1H3. The number of carbonyl (C=O) groups is 1. The van der Waals surface area contributed by atoms with Crippen molar-refractivity contribution < 1.29 is 27.4 Å². The average molecular weight is 297 g/mol. The number of esters is 1. The molecule has 0 aliphatic heterocycles. The number of halogens is 3. The van der Waals surface area contributed by atoms with E-state index in [0.29, 0.717) is 11.1 Å². The Labute approximate surface area is 118 Å². The van der Waals surface area contributed by atoms with Gasteiger partial charge < -0.3 is 9.47 Å². The number of alkyl halides is 3. The molecule has 1 heterocycles. The van der Waals surface area contributed by atoms with E-state index < -0.39 is 18.1 Å². The molecule has 0 aliphatic rings. The molecule has 0 saturated carbocycles. The van der Waals surface area contributed by atoms with Crippen LogP contribution in [0.2, 0.25) is 0 Å². The molecule has 7 heteroatoms. The van der Waals surface area contributed by atoms with Gasteiger partial charge in [-0.1, -0.05) is 6.07 Å². The average Bonchev–Trinajstić information content (AvgIpc) is 2.46. The van der Waals surface area contributed by atoms with E-state index in [-0.39, 0.29) is 5.56 Å². The lowest BCUT2D eigenvalue weighted by Gasteiger charge is -2.13. The van der Waals surface area contributed by atoms with E-state index in [1.165, 1.54) is 24.5 Å². The molecule has 0 fully saturated rings. The predicted molar refractivity (Wildman–Crippen MR) is 67.7 cm³/mol. The van der Waals surface area contributed by atoms with Gasteiger partial charge in [-0.2, -0.15) is 0 Å². The van der Waals surface area contributed by atoms with Crippen LogP contribution in [0.5, 0.6) is 5.75 Å². The van der Waals surface area contributed by atoms with Crippen molar-refractivity contribution in [2.45, 2.75) is 6.36 Å². The summed E-state index contributed by atoms with van der Waals surface area (Å²) in [5.41, 5.74) is 0.949.